The second-order valence-corrected chi connectivity index (χ2v) is 7.57. The maximum atomic E-state index is 12.2. The molecule has 0 saturated carbocycles. The maximum absolute atomic E-state index is 12.2. The summed E-state index contributed by atoms with van der Waals surface area (Å²) in [4.78, 5) is 12.0. The number of carbonyl (C=O) groups is 1. The van der Waals surface area contributed by atoms with Crippen LogP contribution in [0.5, 0.6) is 0 Å². The Morgan fingerprint density at radius 1 is 1.14 bits per heavy atom. The molecule has 6 nitrogen and oxygen atoms in total. The van der Waals surface area contributed by atoms with Gasteiger partial charge in [-0.15, -0.1) is 0 Å². The number of benzene rings is 1. The normalized spacial score (nSPS) is 13.6. The van der Waals surface area contributed by atoms with Crippen molar-refractivity contribution in [3.05, 3.63) is 24.3 Å². The molecule has 1 aromatic carbocycles. The Hall–Kier alpha value is -1.60. The van der Waals surface area contributed by atoms with Crippen LogP contribution in [-0.4, -0.2) is 33.0 Å². The van der Waals surface area contributed by atoms with Crippen molar-refractivity contribution in [3.8, 4) is 0 Å². The fourth-order valence-electron chi connectivity index (χ4n) is 1.63. The molecule has 7 heteroatoms. The molecule has 0 heterocycles. The zero-order valence-electron chi connectivity index (χ0n) is 13.0. The van der Waals surface area contributed by atoms with Crippen LogP contribution in [-0.2, 0) is 14.8 Å². The molecule has 0 bridgehead atoms. The minimum Gasteiger partial charge on any atom is -0.388 e. The van der Waals surface area contributed by atoms with Gasteiger partial charge in [-0.2, -0.15) is 4.72 Å². The number of carbonyl (C=O) groups excluding carboxylic acids is 1. The molecule has 0 saturated heterocycles. The van der Waals surface area contributed by atoms with Gasteiger partial charge in [-0.1, -0.05) is 0 Å². The Bertz CT molecular complexity index is 589. The van der Waals surface area contributed by atoms with Gasteiger partial charge in [0.15, 0.2) is 0 Å². The van der Waals surface area contributed by atoms with Gasteiger partial charge in [0.25, 0.3) is 0 Å². The first-order valence-electron chi connectivity index (χ1n) is 6.67. The van der Waals surface area contributed by atoms with Gasteiger partial charge in [0.05, 0.1) is 10.9 Å². The van der Waals surface area contributed by atoms with E-state index in [-0.39, 0.29) is 10.8 Å². The zero-order valence-corrected chi connectivity index (χ0v) is 13.8. The van der Waals surface area contributed by atoms with Crippen molar-refractivity contribution in [2.24, 2.45) is 0 Å². The molecule has 0 spiro atoms. The lowest BCUT2D eigenvalue weighted by molar-refractivity contribution is -0.123. The molecule has 1 atom stereocenters. The highest BCUT2D eigenvalue weighted by molar-refractivity contribution is 7.89. The van der Waals surface area contributed by atoms with E-state index in [1.165, 1.54) is 19.1 Å². The monoisotopic (exact) mass is 313 g/mol. The van der Waals surface area contributed by atoms with Crippen LogP contribution in [0.1, 0.15) is 27.7 Å². The molecule has 0 fully saturated rings. The van der Waals surface area contributed by atoms with Crippen LogP contribution in [0, 0.1) is 0 Å². The van der Waals surface area contributed by atoms with Gasteiger partial charge in [0.1, 0.15) is 0 Å². The van der Waals surface area contributed by atoms with E-state index < -0.39 is 21.6 Å². The molecule has 0 aromatic heterocycles. The van der Waals surface area contributed by atoms with E-state index in [4.69, 9.17) is 0 Å². The number of hydrogen-bond acceptors (Lipinski definition) is 4. The first kappa shape index (κ1) is 17.5. The quantitative estimate of drug-likeness (QED) is 0.765. The second kappa shape index (κ2) is 6.44. The summed E-state index contributed by atoms with van der Waals surface area (Å²) < 4.78 is 26.8. The lowest BCUT2D eigenvalue weighted by Crippen LogP contribution is -2.50. The summed E-state index contributed by atoms with van der Waals surface area (Å²) in [6.45, 7) is 7.02. The molecule has 118 valence electrons. The van der Waals surface area contributed by atoms with Gasteiger partial charge >= 0.3 is 0 Å². The largest absolute Gasteiger partial charge is 0.388 e. The van der Waals surface area contributed by atoms with Crippen molar-refractivity contribution < 1.29 is 13.2 Å². The average molecular weight is 313 g/mol. The molecule has 0 aliphatic carbocycles. The fraction of sp³-hybridized carbons (Fsp3) is 0.500. The summed E-state index contributed by atoms with van der Waals surface area (Å²) in [5, 5.41) is 5.65. The first-order valence-corrected chi connectivity index (χ1v) is 8.15. The minimum absolute atomic E-state index is 0.122. The summed E-state index contributed by atoms with van der Waals surface area (Å²) in [6, 6.07) is 5.45. The van der Waals surface area contributed by atoms with Crippen LogP contribution < -0.4 is 15.4 Å². The van der Waals surface area contributed by atoms with Crippen LogP contribution in [0.3, 0.4) is 0 Å². The summed E-state index contributed by atoms with van der Waals surface area (Å²) in [5.41, 5.74) is 0.401. The van der Waals surface area contributed by atoms with Crippen molar-refractivity contribution in [1.82, 2.24) is 10.0 Å². The Kier molecular flexibility index (Phi) is 5.36. The topological polar surface area (TPSA) is 87.3 Å². The summed E-state index contributed by atoms with van der Waals surface area (Å²) in [6.07, 6.45) is 0. The predicted octanol–water partition coefficient (Wildman–Crippen LogP) is 1.31. The molecule has 21 heavy (non-hydrogen) atoms. The SMILES string of the molecule is CNc1ccc(S(=O)(=O)NC(C)C(=O)NC(C)(C)C)cc1. The van der Waals surface area contributed by atoms with Crippen LogP contribution in [0.4, 0.5) is 5.69 Å². The molecule has 1 aromatic rings. The first-order chi connectivity index (χ1) is 9.55. The molecule has 3 N–H and O–H groups in total. The number of amides is 1. The number of hydrogen-bond donors (Lipinski definition) is 3. The highest BCUT2D eigenvalue weighted by atomic mass is 32.2. The Morgan fingerprint density at radius 3 is 2.10 bits per heavy atom. The third-order valence-electron chi connectivity index (χ3n) is 2.68. The van der Waals surface area contributed by atoms with Crippen molar-refractivity contribution in [2.75, 3.05) is 12.4 Å². The molecule has 0 aliphatic rings. The van der Waals surface area contributed by atoms with Crippen molar-refractivity contribution >= 4 is 21.6 Å². The number of rotatable bonds is 5. The molecule has 1 rings (SSSR count). The molecular formula is C14H23N3O3S. The number of anilines is 1. The van der Waals surface area contributed by atoms with Crippen LogP contribution in [0.2, 0.25) is 0 Å². The highest BCUT2D eigenvalue weighted by Gasteiger charge is 2.24. The van der Waals surface area contributed by atoms with Gasteiger partial charge in [-0.25, -0.2) is 8.42 Å². The third kappa shape index (κ3) is 5.35. The summed E-state index contributed by atoms with van der Waals surface area (Å²) >= 11 is 0. The van der Waals surface area contributed by atoms with Crippen molar-refractivity contribution in [3.63, 3.8) is 0 Å². The van der Waals surface area contributed by atoms with Crippen LogP contribution in [0.15, 0.2) is 29.2 Å². The summed E-state index contributed by atoms with van der Waals surface area (Å²) in [7, 11) is -1.97. The van der Waals surface area contributed by atoms with Gasteiger partial charge in [-0.05, 0) is 52.0 Å². The van der Waals surface area contributed by atoms with E-state index in [9.17, 15) is 13.2 Å². The minimum atomic E-state index is -3.72. The van der Waals surface area contributed by atoms with Crippen molar-refractivity contribution in [1.29, 1.82) is 0 Å². The lowest BCUT2D eigenvalue weighted by atomic mass is 10.1. The average Bonchev–Trinajstić information content (AvgIpc) is 2.36. The second-order valence-electron chi connectivity index (χ2n) is 5.86. The Morgan fingerprint density at radius 2 is 1.67 bits per heavy atom. The van der Waals surface area contributed by atoms with E-state index in [0.717, 1.165) is 5.69 Å². The highest BCUT2D eigenvalue weighted by Crippen LogP contribution is 2.14. The van der Waals surface area contributed by atoms with Gasteiger partial charge in [0, 0.05) is 18.3 Å². The van der Waals surface area contributed by atoms with E-state index in [0.29, 0.717) is 0 Å². The van der Waals surface area contributed by atoms with E-state index >= 15 is 0 Å². The van der Waals surface area contributed by atoms with E-state index in [1.807, 2.05) is 20.8 Å². The standard InChI is InChI=1S/C14H23N3O3S/c1-10(13(18)16-14(2,3)4)17-21(19,20)12-8-6-11(15-5)7-9-12/h6-10,15,17H,1-5H3,(H,16,18). The predicted molar refractivity (Wildman–Crippen MR) is 83.7 cm³/mol. The summed E-state index contributed by atoms with van der Waals surface area (Å²) in [5.74, 6) is -0.363. The number of nitrogens with one attached hydrogen (secondary N) is 3. The lowest BCUT2D eigenvalue weighted by Gasteiger charge is -2.23. The fourth-order valence-corrected chi connectivity index (χ4v) is 2.84. The third-order valence-corrected chi connectivity index (χ3v) is 4.23. The molecular weight excluding hydrogens is 290 g/mol. The smallest absolute Gasteiger partial charge is 0.241 e. The zero-order chi connectivity index (χ0) is 16.3. The Balaban J connectivity index is 2.81. The van der Waals surface area contributed by atoms with Gasteiger partial charge in [0.2, 0.25) is 15.9 Å². The van der Waals surface area contributed by atoms with E-state index in [2.05, 4.69) is 15.4 Å². The van der Waals surface area contributed by atoms with E-state index in [1.54, 1.807) is 19.2 Å². The van der Waals surface area contributed by atoms with Gasteiger partial charge in [-0.3, -0.25) is 4.79 Å². The van der Waals surface area contributed by atoms with Crippen molar-refractivity contribution in [2.45, 2.75) is 44.2 Å². The van der Waals surface area contributed by atoms with Gasteiger partial charge < -0.3 is 10.6 Å². The maximum Gasteiger partial charge on any atom is 0.241 e. The Labute approximate surface area is 126 Å². The molecule has 1 unspecified atom stereocenters. The molecule has 0 radical (unpaired) electrons. The molecule has 0 aliphatic heterocycles. The van der Waals surface area contributed by atoms with Crippen LogP contribution >= 0.6 is 0 Å². The number of sulfonamides is 1. The van der Waals surface area contributed by atoms with Crippen LogP contribution in [0.25, 0.3) is 0 Å². The molecule has 1 amide bonds.